The second kappa shape index (κ2) is 9.04. The lowest BCUT2D eigenvalue weighted by Crippen LogP contribution is -2.30. The number of hydrogen-bond donors (Lipinski definition) is 1. The largest absolute Gasteiger partial charge is 0.497 e. The molecule has 142 valence electrons. The third kappa shape index (κ3) is 5.20. The molecule has 0 spiro atoms. The summed E-state index contributed by atoms with van der Waals surface area (Å²) in [5, 5.41) is 13.7. The van der Waals surface area contributed by atoms with Gasteiger partial charge in [0.2, 0.25) is 0 Å². The number of nitrogens with zero attached hydrogens (tertiary/aromatic N) is 1. The molecule has 0 aliphatic heterocycles. The van der Waals surface area contributed by atoms with Gasteiger partial charge in [0, 0.05) is 11.8 Å². The van der Waals surface area contributed by atoms with E-state index in [9.17, 15) is 19.7 Å². The highest BCUT2D eigenvalue weighted by Crippen LogP contribution is 2.28. The third-order valence-corrected chi connectivity index (χ3v) is 4.41. The average molecular weight is 390 g/mol. The maximum absolute atomic E-state index is 12.2. The monoisotopic (exact) mass is 390 g/mol. The van der Waals surface area contributed by atoms with E-state index in [2.05, 4.69) is 5.32 Å². The number of benzene rings is 2. The summed E-state index contributed by atoms with van der Waals surface area (Å²) in [7, 11) is 1.53. The predicted octanol–water partition coefficient (Wildman–Crippen LogP) is 3.51. The van der Waals surface area contributed by atoms with E-state index in [0.29, 0.717) is 16.3 Å². The molecule has 1 N–H and O–H groups in total. The first-order chi connectivity index (χ1) is 12.8. The van der Waals surface area contributed by atoms with Gasteiger partial charge in [0.05, 0.1) is 22.5 Å². The highest BCUT2D eigenvalue weighted by atomic mass is 32.2. The number of anilines is 1. The van der Waals surface area contributed by atoms with Crippen molar-refractivity contribution >= 4 is 35.0 Å². The maximum atomic E-state index is 12.2. The van der Waals surface area contributed by atoms with Crippen molar-refractivity contribution in [3.05, 3.63) is 58.1 Å². The summed E-state index contributed by atoms with van der Waals surface area (Å²) in [6.45, 7) is 1.42. The minimum absolute atomic E-state index is 0.00333. The first-order valence-corrected chi connectivity index (χ1v) is 9.06. The number of hydrogen-bond acceptors (Lipinski definition) is 7. The van der Waals surface area contributed by atoms with Crippen LogP contribution in [0.25, 0.3) is 0 Å². The van der Waals surface area contributed by atoms with Gasteiger partial charge >= 0.3 is 5.97 Å². The van der Waals surface area contributed by atoms with Gasteiger partial charge in [0.1, 0.15) is 5.75 Å². The first kappa shape index (κ1) is 20.2. The summed E-state index contributed by atoms with van der Waals surface area (Å²) in [4.78, 5) is 35.4. The Balaban J connectivity index is 2.04. The minimum Gasteiger partial charge on any atom is -0.497 e. The zero-order valence-corrected chi connectivity index (χ0v) is 15.7. The molecule has 0 radical (unpaired) electrons. The van der Waals surface area contributed by atoms with Crippen LogP contribution >= 0.6 is 11.8 Å². The van der Waals surface area contributed by atoms with Crippen molar-refractivity contribution in [1.82, 2.24) is 0 Å². The number of nitrogens with one attached hydrogen (secondary N) is 1. The van der Waals surface area contributed by atoms with E-state index in [-0.39, 0.29) is 11.3 Å². The van der Waals surface area contributed by atoms with Gasteiger partial charge in [-0.05, 0) is 49.6 Å². The number of carbonyl (C=O) groups excluding carboxylic acids is 2. The Kier molecular flexibility index (Phi) is 6.78. The summed E-state index contributed by atoms with van der Waals surface area (Å²) in [6.07, 6.45) is 0.616. The van der Waals surface area contributed by atoms with Crippen LogP contribution in [0, 0.1) is 10.1 Å². The van der Waals surface area contributed by atoms with Crippen molar-refractivity contribution in [3.63, 3.8) is 0 Å². The van der Waals surface area contributed by atoms with E-state index in [4.69, 9.17) is 9.47 Å². The lowest BCUT2D eigenvalue weighted by Gasteiger charge is -2.14. The van der Waals surface area contributed by atoms with Gasteiger partial charge in [-0.1, -0.05) is 0 Å². The van der Waals surface area contributed by atoms with E-state index < -0.39 is 22.9 Å². The summed E-state index contributed by atoms with van der Waals surface area (Å²) in [5.74, 6) is -0.699. The normalized spacial score (nSPS) is 11.4. The number of carbonyl (C=O) groups is 2. The first-order valence-electron chi connectivity index (χ1n) is 7.84. The van der Waals surface area contributed by atoms with Crippen LogP contribution in [0.5, 0.6) is 5.75 Å². The topological polar surface area (TPSA) is 108 Å². The van der Waals surface area contributed by atoms with E-state index in [1.165, 1.54) is 37.9 Å². The number of methoxy groups -OCH3 is 1. The fraction of sp³-hybridized carbons (Fsp3) is 0.222. The van der Waals surface area contributed by atoms with Crippen molar-refractivity contribution < 1.29 is 24.0 Å². The Morgan fingerprint density at radius 1 is 1.19 bits per heavy atom. The number of thioether (sulfide) groups is 1. The van der Waals surface area contributed by atoms with E-state index >= 15 is 0 Å². The molecule has 2 aromatic carbocycles. The molecule has 1 amide bonds. The fourth-order valence-corrected chi connectivity index (χ4v) is 2.71. The molecule has 0 aliphatic carbocycles. The molecule has 2 aromatic rings. The number of rotatable bonds is 7. The lowest BCUT2D eigenvalue weighted by atomic mass is 10.2. The number of nitro benzene ring substituents is 1. The quantitative estimate of drug-likeness (QED) is 0.333. The highest BCUT2D eigenvalue weighted by Gasteiger charge is 2.22. The molecular formula is C18H18N2O6S. The average Bonchev–Trinajstić information content (AvgIpc) is 2.67. The number of amides is 1. The molecule has 0 saturated carbocycles. The number of ether oxygens (including phenoxy) is 2. The molecule has 27 heavy (non-hydrogen) atoms. The molecule has 0 bridgehead atoms. The van der Waals surface area contributed by atoms with Gasteiger partial charge < -0.3 is 14.8 Å². The van der Waals surface area contributed by atoms with Crippen LogP contribution in [0.3, 0.4) is 0 Å². The van der Waals surface area contributed by atoms with Crippen molar-refractivity contribution in [2.75, 3.05) is 18.7 Å². The van der Waals surface area contributed by atoms with Gasteiger partial charge in [-0.3, -0.25) is 14.9 Å². The zero-order chi connectivity index (χ0) is 20.0. The van der Waals surface area contributed by atoms with Crippen LogP contribution in [0.4, 0.5) is 11.4 Å². The molecule has 1 atom stereocenters. The van der Waals surface area contributed by atoms with E-state index in [1.807, 2.05) is 0 Å². The van der Waals surface area contributed by atoms with Crippen LogP contribution < -0.4 is 10.1 Å². The van der Waals surface area contributed by atoms with Crippen LogP contribution in [0.2, 0.25) is 0 Å². The summed E-state index contributed by atoms with van der Waals surface area (Å²) >= 11 is 1.20. The smallest absolute Gasteiger partial charge is 0.339 e. The molecule has 8 nitrogen and oxygen atoms in total. The Labute approximate surface area is 160 Å². The fourth-order valence-electron chi connectivity index (χ4n) is 2.16. The second-order valence-electron chi connectivity index (χ2n) is 5.41. The zero-order valence-electron chi connectivity index (χ0n) is 14.9. The van der Waals surface area contributed by atoms with Crippen LogP contribution in [-0.4, -0.2) is 36.3 Å². The predicted molar refractivity (Wildman–Crippen MR) is 101 cm³/mol. The van der Waals surface area contributed by atoms with Gasteiger partial charge in [-0.25, -0.2) is 4.79 Å². The Bertz CT molecular complexity index is 853. The molecular weight excluding hydrogens is 372 g/mol. The molecule has 2 rings (SSSR count). The lowest BCUT2D eigenvalue weighted by molar-refractivity contribution is -0.387. The number of nitro groups is 1. The van der Waals surface area contributed by atoms with Crippen molar-refractivity contribution in [2.45, 2.75) is 17.9 Å². The van der Waals surface area contributed by atoms with Gasteiger partial charge in [-0.15, -0.1) is 11.8 Å². The van der Waals surface area contributed by atoms with Crippen molar-refractivity contribution in [3.8, 4) is 5.75 Å². The standard InChI is InChI=1S/C18H18N2O6S/c1-11(17(21)19-13-5-7-14(25-2)8-6-13)26-18(22)12-4-9-16(27-3)15(10-12)20(23)24/h4-11H,1-3H3,(H,19,21)/t11-/m0/s1. The summed E-state index contributed by atoms with van der Waals surface area (Å²) < 4.78 is 10.2. The maximum Gasteiger partial charge on any atom is 0.339 e. The number of esters is 1. The summed E-state index contributed by atoms with van der Waals surface area (Å²) in [6, 6.07) is 10.7. The van der Waals surface area contributed by atoms with Crippen LogP contribution in [0.15, 0.2) is 47.4 Å². The Hall–Kier alpha value is -3.07. The second-order valence-corrected chi connectivity index (χ2v) is 6.26. The Morgan fingerprint density at radius 3 is 2.41 bits per heavy atom. The van der Waals surface area contributed by atoms with Gasteiger partial charge in [0.25, 0.3) is 11.6 Å². The van der Waals surface area contributed by atoms with Crippen molar-refractivity contribution in [2.24, 2.45) is 0 Å². The SMILES string of the molecule is COc1ccc(NC(=O)[C@H](C)OC(=O)c2ccc(SC)c([N+](=O)[O-])c2)cc1. The molecule has 0 aliphatic rings. The highest BCUT2D eigenvalue weighted by molar-refractivity contribution is 7.98. The van der Waals surface area contributed by atoms with E-state index in [0.717, 1.165) is 6.07 Å². The van der Waals surface area contributed by atoms with Gasteiger partial charge in [0.15, 0.2) is 6.10 Å². The minimum atomic E-state index is -1.08. The molecule has 9 heteroatoms. The molecule has 0 fully saturated rings. The molecule has 0 aromatic heterocycles. The molecule has 0 saturated heterocycles. The molecule has 0 heterocycles. The Morgan fingerprint density at radius 2 is 1.85 bits per heavy atom. The van der Waals surface area contributed by atoms with Crippen LogP contribution in [-0.2, 0) is 9.53 Å². The summed E-state index contributed by atoms with van der Waals surface area (Å²) in [5.41, 5.74) is 0.333. The molecule has 0 unspecified atom stereocenters. The van der Waals surface area contributed by atoms with Gasteiger partial charge in [-0.2, -0.15) is 0 Å². The third-order valence-electron chi connectivity index (χ3n) is 3.62. The van der Waals surface area contributed by atoms with Crippen LogP contribution in [0.1, 0.15) is 17.3 Å². The van der Waals surface area contributed by atoms with Crippen molar-refractivity contribution in [1.29, 1.82) is 0 Å². The van der Waals surface area contributed by atoms with E-state index in [1.54, 1.807) is 30.5 Å².